The van der Waals surface area contributed by atoms with Gasteiger partial charge in [-0.25, -0.2) is 9.97 Å². The van der Waals surface area contributed by atoms with Crippen LogP contribution in [0.15, 0.2) is 30.2 Å². The van der Waals surface area contributed by atoms with Crippen LogP contribution in [0.2, 0.25) is 0 Å². The fourth-order valence-electron chi connectivity index (χ4n) is 2.98. The average Bonchev–Trinajstić information content (AvgIpc) is 3.17. The van der Waals surface area contributed by atoms with Gasteiger partial charge < -0.3 is 4.90 Å². The van der Waals surface area contributed by atoms with Crippen molar-refractivity contribution in [3.63, 3.8) is 0 Å². The van der Waals surface area contributed by atoms with Gasteiger partial charge in [0.1, 0.15) is 17.0 Å². The largest absolute Gasteiger partial charge is 0.349 e. The van der Waals surface area contributed by atoms with Gasteiger partial charge in [0, 0.05) is 25.4 Å². The van der Waals surface area contributed by atoms with Crippen LogP contribution in [-0.2, 0) is 7.05 Å². The van der Waals surface area contributed by atoms with Gasteiger partial charge >= 0.3 is 0 Å². The van der Waals surface area contributed by atoms with Gasteiger partial charge in [0.05, 0.1) is 17.6 Å². The molecule has 102 valence electrons. The molecule has 0 aromatic carbocycles. The van der Waals surface area contributed by atoms with Gasteiger partial charge in [-0.1, -0.05) is 0 Å². The minimum atomic E-state index is 0.377. The molecular formula is C14H15N5S. The standard InChI is InChI=1S/C14H15N5S/c1-18-8-10(7-17-18)12-3-2-5-19(12)13-11-4-6-20-14(11)16-9-15-13/h4,6-9,12H,2-3,5H2,1H3/t12-/m1/s1. The molecule has 0 N–H and O–H groups in total. The van der Waals surface area contributed by atoms with E-state index >= 15 is 0 Å². The molecule has 0 unspecified atom stereocenters. The Labute approximate surface area is 120 Å². The second-order valence-electron chi connectivity index (χ2n) is 5.14. The van der Waals surface area contributed by atoms with E-state index in [1.54, 1.807) is 17.7 Å². The fraction of sp³-hybridized carbons (Fsp3) is 0.357. The highest BCUT2D eigenvalue weighted by Gasteiger charge is 2.29. The summed E-state index contributed by atoms with van der Waals surface area (Å²) in [7, 11) is 1.96. The SMILES string of the molecule is Cn1cc([C@H]2CCCN2c2ncnc3sccc23)cn1. The molecule has 0 saturated carbocycles. The molecule has 0 aliphatic carbocycles. The molecule has 6 heteroatoms. The molecule has 1 aliphatic rings. The quantitative estimate of drug-likeness (QED) is 0.726. The first-order valence-corrected chi connectivity index (χ1v) is 7.64. The Balaban J connectivity index is 1.78. The van der Waals surface area contributed by atoms with Crippen molar-refractivity contribution in [2.24, 2.45) is 7.05 Å². The fourth-order valence-corrected chi connectivity index (χ4v) is 3.71. The van der Waals surface area contributed by atoms with Gasteiger partial charge in [-0.05, 0) is 24.3 Å². The maximum atomic E-state index is 4.54. The predicted octanol–water partition coefficient (Wildman–Crippen LogP) is 2.77. The molecule has 4 heterocycles. The third kappa shape index (κ3) is 1.79. The lowest BCUT2D eigenvalue weighted by atomic mass is 10.1. The van der Waals surface area contributed by atoms with Gasteiger partial charge in [0.25, 0.3) is 0 Å². The minimum absolute atomic E-state index is 0.377. The predicted molar refractivity (Wildman–Crippen MR) is 79.9 cm³/mol. The van der Waals surface area contributed by atoms with E-state index in [1.165, 1.54) is 12.0 Å². The van der Waals surface area contributed by atoms with Gasteiger partial charge in [-0.15, -0.1) is 11.3 Å². The first kappa shape index (κ1) is 11.8. The summed E-state index contributed by atoms with van der Waals surface area (Å²) in [6.45, 7) is 1.04. The van der Waals surface area contributed by atoms with Gasteiger partial charge in [0.2, 0.25) is 0 Å². The van der Waals surface area contributed by atoms with Crippen LogP contribution in [0, 0.1) is 0 Å². The molecule has 1 fully saturated rings. The zero-order chi connectivity index (χ0) is 13.5. The Kier molecular flexibility index (Phi) is 2.70. The van der Waals surface area contributed by atoms with Crippen LogP contribution >= 0.6 is 11.3 Å². The van der Waals surface area contributed by atoms with E-state index in [4.69, 9.17) is 0 Å². The van der Waals surface area contributed by atoms with E-state index in [1.807, 2.05) is 17.9 Å². The highest BCUT2D eigenvalue weighted by atomic mass is 32.1. The maximum Gasteiger partial charge on any atom is 0.141 e. The number of rotatable bonds is 2. The third-order valence-electron chi connectivity index (χ3n) is 3.88. The topological polar surface area (TPSA) is 46.8 Å². The first-order valence-electron chi connectivity index (χ1n) is 6.76. The van der Waals surface area contributed by atoms with Crippen molar-refractivity contribution in [3.05, 3.63) is 35.7 Å². The van der Waals surface area contributed by atoms with E-state index in [0.717, 1.165) is 29.0 Å². The molecule has 3 aromatic heterocycles. The Morgan fingerprint density at radius 2 is 2.30 bits per heavy atom. The number of thiophene rings is 1. The van der Waals surface area contributed by atoms with Crippen molar-refractivity contribution in [1.82, 2.24) is 19.7 Å². The number of aromatic nitrogens is 4. The summed E-state index contributed by atoms with van der Waals surface area (Å²) in [5.41, 5.74) is 1.27. The van der Waals surface area contributed by atoms with Crippen LogP contribution in [0.1, 0.15) is 24.4 Å². The molecule has 5 nitrogen and oxygen atoms in total. The summed E-state index contributed by atoms with van der Waals surface area (Å²) >= 11 is 1.67. The van der Waals surface area contributed by atoms with Crippen molar-refractivity contribution in [2.45, 2.75) is 18.9 Å². The summed E-state index contributed by atoms with van der Waals surface area (Å²) in [6, 6.07) is 2.50. The molecule has 0 radical (unpaired) electrons. The summed E-state index contributed by atoms with van der Waals surface area (Å²) in [5.74, 6) is 1.06. The highest BCUT2D eigenvalue weighted by Crippen LogP contribution is 2.38. The van der Waals surface area contributed by atoms with Crippen molar-refractivity contribution < 1.29 is 0 Å². The molecular weight excluding hydrogens is 270 g/mol. The average molecular weight is 285 g/mol. The Bertz CT molecular complexity index is 747. The van der Waals surface area contributed by atoms with E-state index in [2.05, 4.69) is 37.6 Å². The summed E-state index contributed by atoms with van der Waals surface area (Å²) in [4.78, 5) is 12.3. The second-order valence-corrected chi connectivity index (χ2v) is 6.03. The van der Waals surface area contributed by atoms with E-state index in [-0.39, 0.29) is 0 Å². The number of nitrogens with zero attached hydrogens (tertiary/aromatic N) is 5. The molecule has 1 atom stereocenters. The zero-order valence-corrected chi connectivity index (χ0v) is 12.0. The van der Waals surface area contributed by atoms with Crippen molar-refractivity contribution in [3.8, 4) is 0 Å². The number of hydrogen-bond donors (Lipinski definition) is 0. The van der Waals surface area contributed by atoms with Crippen LogP contribution in [0.25, 0.3) is 10.2 Å². The highest BCUT2D eigenvalue weighted by molar-refractivity contribution is 7.16. The van der Waals surface area contributed by atoms with Gasteiger partial charge in [-0.3, -0.25) is 4.68 Å². The zero-order valence-electron chi connectivity index (χ0n) is 11.2. The van der Waals surface area contributed by atoms with Crippen molar-refractivity contribution >= 4 is 27.4 Å². The van der Waals surface area contributed by atoms with Crippen LogP contribution in [0.4, 0.5) is 5.82 Å². The number of anilines is 1. The third-order valence-corrected chi connectivity index (χ3v) is 4.70. The Morgan fingerprint density at radius 1 is 1.35 bits per heavy atom. The Morgan fingerprint density at radius 3 is 3.15 bits per heavy atom. The molecule has 1 aliphatic heterocycles. The number of aryl methyl sites for hydroxylation is 1. The molecule has 4 rings (SSSR count). The summed E-state index contributed by atoms with van der Waals surface area (Å²) in [6.07, 6.45) is 8.09. The lowest BCUT2D eigenvalue weighted by Gasteiger charge is -2.25. The molecule has 0 spiro atoms. The number of fused-ring (bicyclic) bond motifs is 1. The van der Waals surface area contributed by atoms with Crippen LogP contribution in [0.3, 0.4) is 0 Å². The smallest absolute Gasteiger partial charge is 0.141 e. The molecule has 1 saturated heterocycles. The lowest BCUT2D eigenvalue weighted by Crippen LogP contribution is -2.23. The van der Waals surface area contributed by atoms with Crippen LogP contribution < -0.4 is 4.90 Å². The van der Waals surface area contributed by atoms with Gasteiger partial charge in [0.15, 0.2) is 0 Å². The molecule has 0 amide bonds. The molecule has 0 bridgehead atoms. The molecule has 20 heavy (non-hydrogen) atoms. The Hall–Kier alpha value is -1.95. The summed E-state index contributed by atoms with van der Waals surface area (Å²) in [5, 5.41) is 7.54. The number of hydrogen-bond acceptors (Lipinski definition) is 5. The maximum absolute atomic E-state index is 4.54. The van der Waals surface area contributed by atoms with Crippen LogP contribution in [0.5, 0.6) is 0 Å². The normalized spacial score (nSPS) is 19.1. The monoisotopic (exact) mass is 285 g/mol. The van der Waals surface area contributed by atoms with Crippen molar-refractivity contribution in [2.75, 3.05) is 11.4 Å². The first-order chi connectivity index (χ1) is 9.83. The van der Waals surface area contributed by atoms with E-state index < -0.39 is 0 Å². The van der Waals surface area contributed by atoms with E-state index in [9.17, 15) is 0 Å². The second kappa shape index (κ2) is 4.56. The molecule has 3 aromatic rings. The van der Waals surface area contributed by atoms with E-state index in [0.29, 0.717) is 6.04 Å². The minimum Gasteiger partial charge on any atom is -0.349 e. The summed E-state index contributed by atoms with van der Waals surface area (Å²) < 4.78 is 1.87. The van der Waals surface area contributed by atoms with Crippen molar-refractivity contribution in [1.29, 1.82) is 0 Å². The lowest BCUT2D eigenvalue weighted by molar-refractivity contribution is 0.709. The van der Waals surface area contributed by atoms with Gasteiger partial charge in [-0.2, -0.15) is 5.10 Å². The van der Waals surface area contributed by atoms with Crippen LogP contribution in [-0.4, -0.2) is 26.3 Å².